The number of hydrogen-bond acceptors (Lipinski definition) is 8. The van der Waals surface area contributed by atoms with Crippen molar-refractivity contribution in [1.82, 2.24) is 10.2 Å². The number of ether oxygens (including phenoxy) is 4. The highest BCUT2D eigenvalue weighted by Gasteiger charge is 2.38. The van der Waals surface area contributed by atoms with E-state index in [2.05, 4.69) is 39.1 Å². The molecular weight excluding hydrogens is 582 g/mol. The van der Waals surface area contributed by atoms with E-state index in [0.717, 1.165) is 30.4 Å². The van der Waals surface area contributed by atoms with Gasteiger partial charge in [-0.15, -0.1) is 0 Å². The molecule has 2 atom stereocenters. The van der Waals surface area contributed by atoms with E-state index in [0.29, 0.717) is 61.0 Å². The number of carbonyl (C=O) groups excluding carboxylic acids is 1. The van der Waals surface area contributed by atoms with Crippen molar-refractivity contribution >= 4 is 5.91 Å². The summed E-state index contributed by atoms with van der Waals surface area (Å²) in [6.45, 7) is 14.2. The van der Waals surface area contributed by atoms with E-state index >= 15 is 0 Å². The molecule has 0 aliphatic rings. The van der Waals surface area contributed by atoms with E-state index in [1.807, 2.05) is 36.9 Å². The highest BCUT2D eigenvalue weighted by Crippen LogP contribution is 2.41. The van der Waals surface area contributed by atoms with Crippen molar-refractivity contribution in [3.05, 3.63) is 47.0 Å². The fourth-order valence-electron chi connectivity index (χ4n) is 5.86. The lowest BCUT2D eigenvalue weighted by molar-refractivity contribution is 0.0576. The standard InChI is InChI=1S/C37H57N3O6/c1-11-12-13-20-40(36(4,5)6)35(42)30-23-34(46-10)32(44-8)21-27(30)16-18-39-19-17-29(41)24-37(25-38,26(2)3)28-14-15-31(43-7)33(22-28)45-9/h14-15,21-23,26,29,39,41H,11-13,16-20,24H2,1-10H3. The van der Waals surface area contributed by atoms with Gasteiger partial charge in [-0.2, -0.15) is 5.26 Å². The van der Waals surface area contributed by atoms with Gasteiger partial charge in [-0.3, -0.25) is 4.79 Å². The summed E-state index contributed by atoms with van der Waals surface area (Å²) in [5.41, 5.74) is 1.03. The molecule has 0 bridgehead atoms. The molecule has 2 unspecified atom stereocenters. The van der Waals surface area contributed by atoms with E-state index in [4.69, 9.17) is 18.9 Å². The Balaban J connectivity index is 2.17. The summed E-state index contributed by atoms with van der Waals surface area (Å²) in [5.74, 6) is 2.17. The second kappa shape index (κ2) is 18.0. The van der Waals surface area contributed by atoms with Crippen LogP contribution in [-0.4, -0.2) is 75.6 Å². The van der Waals surface area contributed by atoms with Crippen molar-refractivity contribution in [3.63, 3.8) is 0 Å². The molecule has 0 fully saturated rings. The van der Waals surface area contributed by atoms with Gasteiger partial charge in [0, 0.05) is 17.6 Å². The molecule has 0 radical (unpaired) electrons. The maximum Gasteiger partial charge on any atom is 0.254 e. The lowest BCUT2D eigenvalue weighted by Crippen LogP contribution is -2.46. The van der Waals surface area contributed by atoms with Gasteiger partial charge in [-0.1, -0.05) is 39.7 Å². The number of nitrogens with one attached hydrogen (secondary N) is 1. The van der Waals surface area contributed by atoms with E-state index in [1.54, 1.807) is 40.6 Å². The summed E-state index contributed by atoms with van der Waals surface area (Å²) in [6, 6.07) is 11.7. The number of methoxy groups -OCH3 is 4. The lowest BCUT2D eigenvalue weighted by atomic mass is 9.69. The van der Waals surface area contributed by atoms with E-state index < -0.39 is 11.5 Å². The van der Waals surface area contributed by atoms with Crippen LogP contribution in [0.25, 0.3) is 0 Å². The van der Waals surface area contributed by atoms with Gasteiger partial charge < -0.3 is 34.3 Å². The van der Waals surface area contributed by atoms with Gasteiger partial charge in [0.05, 0.1) is 46.0 Å². The Kier molecular flexibility index (Phi) is 15.2. The molecule has 2 rings (SSSR count). The van der Waals surface area contributed by atoms with Crippen LogP contribution in [0.4, 0.5) is 0 Å². The monoisotopic (exact) mass is 639 g/mol. The first-order valence-corrected chi connectivity index (χ1v) is 16.4. The summed E-state index contributed by atoms with van der Waals surface area (Å²) >= 11 is 0. The minimum absolute atomic E-state index is 0.0216. The van der Waals surface area contributed by atoms with E-state index in [9.17, 15) is 15.2 Å². The highest BCUT2D eigenvalue weighted by atomic mass is 16.5. The molecule has 0 aliphatic carbocycles. The van der Waals surface area contributed by atoms with E-state index in [1.165, 1.54) is 0 Å². The van der Waals surface area contributed by atoms with Crippen LogP contribution in [0, 0.1) is 17.2 Å². The number of amides is 1. The van der Waals surface area contributed by atoms with Crippen LogP contribution < -0.4 is 24.3 Å². The Morgan fingerprint density at radius 2 is 1.54 bits per heavy atom. The summed E-state index contributed by atoms with van der Waals surface area (Å²) in [4.78, 5) is 15.9. The molecular formula is C37H57N3O6. The number of nitrogens with zero attached hydrogens (tertiary/aromatic N) is 2. The Bertz CT molecular complexity index is 1300. The molecule has 2 aromatic carbocycles. The first-order valence-electron chi connectivity index (χ1n) is 16.4. The van der Waals surface area contributed by atoms with Crippen molar-refractivity contribution in [2.45, 2.75) is 97.1 Å². The number of unbranched alkanes of at least 4 members (excludes halogenated alkanes) is 2. The summed E-state index contributed by atoms with van der Waals surface area (Å²) in [5, 5.41) is 24.9. The molecule has 46 heavy (non-hydrogen) atoms. The zero-order chi connectivity index (χ0) is 34.5. The third-order valence-electron chi connectivity index (χ3n) is 8.75. The van der Waals surface area contributed by atoms with Crippen molar-refractivity contribution in [2.75, 3.05) is 48.1 Å². The van der Waals surface area contributed by atoms with Crippen LogP contribution in [0.5, 0.6) is 23.0 Å². The van der Waals surface area contributed by atoms with Crippen LogP contribution >= 0.6 is 0 Å². The highest BCUT2D eigenvalue weighted by molar-refractivity contribution is 5.97. The number of hydrogen-bond donors (Lipinski definition) is 2. The normalized spacial score (nSPS) is 13.5. The third-order valence-corrected chi connectivity index (χ3v) is 8.75. The average molecular weight is 640 g/mol. The summed E-state index contributed by atoms with van der Waals surface area (Å²) in [6.07, 6.45) is 3.73. The van der Waals surface area contributed by atoms with Gasteiger partial charge in [0.15, 0.2) is 23.0 Å². The number of aliphatic hydroxyl groups excluding tert-OH is 1. The summed E-state index contributed by atoms with van der Waals surface area (Å²) < 4.78 is 22.0. The molecule has 2 aromatic rings. The zero-order valence-corrected chi connectivity index (χ0v) is 29.8. The van der Waals surface area contributed by atoms with Crippen LogP contribution in [0.1, 0.15) is 95.1 Å². The second-order valence-electron chi connectivity index (χ2n) is 13.2. The molecule has 256 valence electrons. The quantitative estimate of drug-likeness (QED) is 0.167. The number of benzene rings is 2. The smallest absolute Gasteiger partial charge is 0.254 e. The Morgan fingerprint density at radius 1 is 0.935 bits per heavy atom. The van der Waals surface area contributed by atoms with Gasteiger partial charge in [-0.05, 0) is 101 Å². The maximum atomic E-state index is 14.0. The topological polar surface area (TPSA) is 113 Å². The third kappa shape index (κ3) is 9.76. The predicted octanol–water partition coefficient (Wildman–Crippen LogP) is 6.54. The minimum atomic E-state index is -0.899. The predicted molar refractivity (Wildman–Crippen MR) is 183 cm³/mol. The minimum Gasteiger partial charge on any atom is -0.493 e. The average Bonchev–Trinajstić information content (AvgIpc) is 3.03. The number of aliphatic hydroxyl groups is 1. The fraction of sp³-hybridized carbons (Fsp3) is 0.622. The van der Waals surface area contributed by atoms with Crippen LogP contribution in [0.2, 0.25) is 0 Å². The van der Waals surface area contributed by atoms with E-state index in [-0.39, 0.29) is 23.8 Å². The van der Waals surface area contributed by atoms with Crippen LogP contribution in [-0.2, 0) is 11.8 Å². The van der Waals surface area contributed by atoms with Gasteiger partial charge >= 0.3 is 0 Å². The fourth-order valence-corrected chi connectivity index (χ4v) is 5.86. The largest absolute Gasteiger partial charge is 0.493 e. The van der Waals surface area contributed by atoms with Crippen molar-refractivity contribution in [1.29, 1.82) is 5.26 Å². The van der Waals surface area contributed by atoms with Gasteiger partial charge in [0.1, 0.15) is 0 Å². The Labute approximate surface area is 277 Å². The number of nitriles is 1. The Morgan fingerprint density at radius 3 is 2.09 bits per heavy atom. The molecule has 2 N–H and O–H groups in total. The zero-order valence-electron chi connectivity index (χ0n) is 29.8. The van der Waals surface area contributed by atoms with Crippen LogP contribution in [0.3, 0.4) is 0 Å². The second-order valence-corrected chi connectivity index (χ2v) is 13.2. The molecule has 9 heteroatoms. The molecule has 1 amide bonds. The molecule has 0 aliphatic heterocycles. The van der Waals surface area contributed by atoms with Crippen molar-refractivity contribution in [3.8, 4) is 29.1 Å². The van der Waals surface area contributed by atoms with Crippen LogP contribution in [0.15, 0.2) is 30.3 Å². The molecule has 9 nitrogen and oxygen atoms in total. The van der Waals surface area contributed by atoms with Gasteiger partial charge in [0.2, 0.25) is 0 Å². The molecule has 0 saturated carbocycles. The van der Waals surface area contributed by atoms with Crippen molar-refractivity contribution in [2.24, 2.45) is 5.92 Å². The molecule has 0 saturated heterocycles. The lowest BCUT2D eigenvalue weighted by Gasteiger charge is -2.36. The van der Waals surface area contributed by atoms with Gasteiger partial charge in [0.25, 0.3) is 5.91 Å². The molecule has 0 heterocycles. The number of carbonyl (C=O) groups is 1. The number of rotatable bonds is 19. The molecule has 0 spiro atoms. The first kappa shape index (κ1) is 38.7. The van der Waals surface area contributed by atoms with Gasteiger partial charge in [-0.25, -0.2) is 0 Å². The summed E-state index contributed by atoms with van der Waals surface area (Å²) in [7, 11) is 6.32. The first-order chi connectivity index (χ1) is 21.8. The maximum absolute atomic E-state index is 14.0. The Hall–Kier alpha value is -3.48. The van der Waals surface area contributed by atoms with Crippen molar-refractivity contribution < 1.29 is 28.8 Å². The SMILES string of the molecule is CCCCCN(C(=O)c1cc(OC)c(OC)cc1CCNCCC(O)CC(C#N)(c1ccc(OC)c(OC)c1)C(C)C)C(C)(C)C. The molecule has 0 aromatic heterocycles.